The number of anilines is 2. The minimum Gasteiger partial charge on any atom is -0.464 e. The molecule has 0 aromatic carbocycles. The van der Waals surface area contributed by atoms with Gasteiger partial charge in [0.05, 0.1) is 30.2 Å². The first-order valence-electron chi connectivity index (χ1n) is 9.65. The second kappa shape index (κ2) is 8.87. The van der Waals surface area contributed by atoms with Crippen molar-refractivity contribution >= 4 is 27.6 Å². The Morgan fingerprint density at radius 1 is 1.38 bits per heavy atom. The number of rotatable bonds is 8. The Kier molecular flexibility index (Phi) is 6.48. The van der Waals surface area contributed by atoms with Crippen molar-refractivity contribution in [1.82, 2.24) is 14.5 Å². The van der Waals surface area contributed by atoms with Gasteiger partial charge in [0.1, 0.15) is 11.5 Å². The zero-order valence-corrected chi connectivity index (χ0v) is 17.7. The van der Waals surface area contributed by atoms with E-state index in [9.17, 15) is 13.2 Å². The number of amides is 2. The van der Waals surface area contributed by atoms with Crippen LogP contribution >= 0.6 is 0 Å². The van der Waals surface area contributed by atoms with Crippen LogP contribution in [0, 0.1) is 0 Å². The maximum Gasteiger partial charge on any atom is 0.334 e. The lowest BCUT2D eigenvalue weighted by atomic mass is 10.2. The third-order valence-corrected chi connectivity index (χ3v) is 6.05. The Labute approximate surface area is 170 Å². The minimum absolute atomic E-state index is 0.0974. The van der Waals surface area contributed by atoms with Gasteiger partial charge in [0.2, 0.25) is 0 Å². The van der Waals surface area contributed by atoms with Crippen molar-refractivity contribution in [2.45, 2.75) is 45.6 Å². The van der Waals surface area contributed by atoms with E-state index in [1.807, 2.05) is 13.8 Å². The number of carbonyl (C=O) groups excluding carboxylic acids is 1. The number of hydrogen-bond donors (Lipinski definition) is 2. The average Bonchev–Trinajstić information content (AvgIpc) is 3.40. The molecule has 1 saturated heterocycles. The van der Waals surface area contributed by atoms with Crippen molar-refractivity contribution in [2.24, 2.45) is 7.05 Å². The molecular weight excluding hydrogens is 398 g/mol. The summed E-state index contributed by atoms with van der Waals surface area (Å²) >= 11 is 0. The van der Waals surface area contributed by atoms with E-state index < -0.39 is 16.2 Å². The van der Waals surface area contributed by atoms with Gasteiger partial charge < -0.3 is 14.5 Å². The Morgan fingerprint density at radius 3 is 2.76 bits per heavy atom. The van der Waals surface area contributed by atoms with Gasteiger partial charge in [-0.1, -0.05) is 13.8 Å². The minimum atomic E-state index is -4.18. The topological polar surface area (TPSA) is 119 Å². The van der Waals surface area contributed by atoms with Gasteiger partial charge in [-0.3, -0.25) is 4.68 Å². The van der Waals surface area contributed by atoms with Crippen LogP contribution in [0.15, 0.2) is 22.9 Å². The number of hydrogen-bond acceptors (Lipinski definition) is 6. The number of ether oxygens (including phenoxy) is 1. The van der Waals surface area contributed by atoms with Gasteiger partial charge in [-0.05, 0) is 12.8 Å². The molecule has 1 aliphatic heterocycles. The molecule has 3 heterocycles. The lowest BCUT2D eigenvalue weighted by Gasteiger charge is -2.25. The maximum atomic E-state index is 13.0. The van der Waals surface area contributed by atoms with E-state index in [1.54, 1.807) is 19.3 Å². The number of furan rings is 1. The van der Waals surface area contributed by atoms with Gasteiger partial charge in [0, 0.05) is 38.8 Å². The molecule has 2 N–H and O–H groups in total. The van der Waals surface area contributed by atoms with Gasteiger partial charge in [-0.2, -0.15) is 13.5 Å². The lowest BCUT2D eigenvalue weighted by Crippen LogP contribution is -2.47. The molecule has 1 fully saturated rings. The SMILES string of the molecule is CCc1cc(NC(=O)NS(=O)(=O)N(CC2CCCO2)c2cnn(C)c2)c(CC)o1. The van der Waals surface area contributed by atoms with E-state index in [-0.39, 0.29) is 12.6 Å². The molecule has 2 aromatic rings. The van der Waals surface area contributed by atoms with Crippen LogP contribution in [-0.4, -0.2) is 43.5 Å². The molecule has 11 heteroatoms. The van der Waals surface area contributed by atoms with Crippen LogP contribution in [0.2, 0.25) is 0 Å². The van der Waals surface area contributed by atoms with Crippen LogP contribution in [0.3, 0.4) is 0 Å². The van der Waals surface area contributed by atoms with Gasteiger partial charge in [-0.15, -0.1) is 0 Å². The van der Waals surface area contributed by atoms with E-state index in [1.165, 1.54) is 10.9 Å². The third kappa shape index (κ3) is 5.10. The number of urea groups is 1. The van der Waals surface area contributed by atoms with E-state index >= 15 is 0 Å². The Balaban J connectivity index is 1.76. The van der Waals surface area contributed by atoms with Gasteiger partial charge >= 0.3 is 16.2 Å². The largest absolute Gasteiger partial charge is 0.464 e. The zero-order valence-electron chi connectivity index (χ0n) is 16.8. The Morgan fingerprint density at radius 2 is 2.17 bits per heavy atom. The molecule has 0 aliphatic carbocycles. The molecule has 1 atom stereocenters. The number of nitrogens with zero attached hydrogens (tertiary/aromatic N) is 3. The summed E-state index contributed by atoms with van der Waals surface area (Å²) in [6.45, 7) is 4.52. The molecular formula is C18H27N5O5S. The predicted octanol–water partition coefficient (Wildman–Crippen LogP) is 2.19. The summed E-state index contributed by atoms with van der Waals surface area (Å²) in [5.74, 6) is 1.31. The van der Waals surface area contributed by atoms with Crippen LogP contribution in [0.4, 0.5) is 16.2 Å². The summed E-state index contributed by atoms with van der Waals surface area (Å²) in [6.07, 6.45) is 5.65. The highest BCUT2D eigenvalue weighted by molar-refractivity contribution is 7.91. The first-order valence-corrected chi connectivity index (χ1v) is 11.1. The number of carbonyl (C=O) groups is 1. The van der Waals surface area contributed by atoms with Crippen molar-refractivity contribution in [3.05, 3.63) is 30.0 Å². The Hall–Kier alpha value is -2.53. The summed E-state index contributed by atoms with van der Waals surface area (Å²) in [5, 5.41) is 6.61. The molecule has 0 radical (unpaired) electrons. The fourth-order valence-corrected chi connectivity index (χ4v) is 4.33. The van der Waals surface area contributed by atoms with Crippen LogP contribution < -0.4 is 14.3 Å². The standard InChI is InChI=1S/C18H27N5O5S/c1-4-14-9-16(17(5-2)28-14)20-18(24)21-29(25,26)23(12-15-7-6-8-27-15)13-10-19-22(3)11-13/h9-11,15H,4-8,12H2,1-3H3,(H2,20,21,24). The second-order valence-corrected chi connectivity index (χ2v) is 8.45. The van der Waals surface area contributed by atoms with Gasteiger partial charge in [0.15, 0.2) is 0 Å². The van der Waals surface area contributed by atoms with Crippen molar-refractivity contribution < 1.29 is 22.4 Å². The molecule has 2 amide bonds. The molecule has 0 saturated carbocycles. The molecule has 1 aliphatic rings. The third-order valence-electron chi connectivity index (χ3n) is 4.66. The normalized spacial score (nSPS) is 16.7. The van der Waals surface area contributed by atoms with Crippen LogP contribution in [0.5, 0.6) is 0 Å². The summed E-state index contributed by atoms with van der Waals surface area (Å²) in [5.41, 5.74) is 0.818. The fourth-order valence-electron chi connectivity index (χ4n) is 3.20. The van der Waals surface area contributed by atoms with E-state index in [2.05, 4.69) is 15.1 Å². The highest BCUT2D eigenvalue weighted by Gasteiger charge is 2.30. The molecule has 0 spiro atoms. The zero-order chi connectivity index (χ0) is 21.0. The smallest absolute Gasteiger partial charge is 0.334 e. The quantitative estimate of drug-likeness (QED) is 0.669. The van der Waals surface area contributed by atoms with Crippen LogP contribution in [0.25, 0.3) is 0 Å². The highest BCUT2D eigenvalue weighted by Crippen LogP contribution is 2.23. The lowest BCUT2D eigenvalue weighted by molar-refractivity contribution is 0.118. The van der Waals surface area contributed by atoms with Crippen molar-refractivity contribution in [2.75, 3.05) is 22.8 Å². The van der Waals surface area contributed by atoms with E-state index in [0.29, 0.717) is 36.6 Å². The van der Waals surface area contributed by atoms with E-state index in [0.717, 1.165) is 22.9 Å². The van der Waals surface area contributed by atoms with Gasteiger partial charge in [-0.25, -0.2) is 13.8 Å². The number of aromatic nitrogens is 2. The summed E-state index contributed by atoms with van der Waals surface area (Å²) in [4.78, 5) is 12.5. The molecule has 160 valence electrons. The first kappa shape index (κ1) is 21.2. The Bertz CT molecular complexity index is 946. The predicted molar refractivity (Wildman–Crippen MR) is 108 cm³/mol. The summed E-state index contributed by atoms with van der Waals surface area (Å²) in [7, 11) is -2.49. The maximum absolute atomic E-state index is 13.0. The summed E-state index contributed by atoms with van der Waals surface area (Å²) < 4.78 is 41.9. The highest BCUT2D eigenvalue weighted by atomic mass is 32.2. The van der Waals surface area contributed by atoms with Crippen LogP contribution in [0.1, 0.15) is 38.2 Å². The van der Waals surface area contributed by atoms with Crippen molar-refractivity contribution in [1.29, 1.82) is 0 Å². The summed E-state index contributed by atoms with van der Waals surface area (Å²) in [6, 6.07) is 0.848. The molecule has 29 heavy (non-hydrogen) atoms. The fraction of sp³-hybridized carbons (Fsp3) is 0.556. The molecule has 1 unspecified atom stereocenters. The average molecular weight is 426 g/mol. The first-order chi connectivity index (χ1) is 13.8. The number of aryl methyl sites for hydroxylation is 3. The second-order valence-electron chi connectivity index (χ2n) is 6.86. The van der Waals surface area contributed by atoms with Gasteiger partial charge in [0.25, 0.3) is 0 Å². The molecule has 2 aromatic heterocycles. The van der Waals surface area contributed by atoms with E-state index in [4.69, 9.17) is 9.15 Å². The van der Waals surface area contributed by atoms with Crippen molar-refractivity contribution in [3.63, 3.8) is 0 Å². The number of nitrogens with one attached hydrogen (secondary N) is 2. The molecule has 10 nitrogen and oxygen atoms in total. The molecule has 3 rings (SSSR count). The molecule has 0 bridgehead atoms. The monoisotopic (exact) mass is 425 g/mol. The van der Waals surface area contributed by atoms with Crippen LogP contribution in [-0.2, 0) is 34.8 Å². The van der Waals surface area contributed by atoms with Crippen molar-refractivity contribution in [3.8, 4) is 0 Å².